The molecule has 2 rings (SSSR count). The Bertz CT molecular complexity index is 663. The molecule has 5 heteroatoms. The van der Waals surface area contributed by atoms with E-state index in [0.717, 1.165) is 17.9 Å². The molecule has 1 aromatic heterocycles. The highest BCUT2D eigenvalue weighted by atomic mass is 32.1. The Hall–Kier alpha value is -2.01. The van der Waals surface area contributed by atoms with Crippen LogP contribution in [-0.4, -0.2) is 25.6 Å². The number of hydrogen-bond donors (Lipinski definition) is 2. The fourth-order valence-corrected chi connectivity index (χ4v) is 3.19. The number of hydrogen-bond acceptors (Lipinski definition) is 4. The first-order valence-corrected chi connectivity index (χ1v) is 9.51. The average Bonchev–Trinajstić information content (AvgIpc) is 3.09. The Morgan fingerprint density at radius 3 is 2.72 bits per heavy atom. The molecular formula is C20H28N2O2S. The maximum absolute atomic E-state index is 12.2. The van der Waals surface area contributed by atoms with Crippen molar-refractivity contribution < 1.29 is 9.53 Å². The highest BCUT2D eigenvalue weighted by Gasteiger charge is 2.25. The number of anilines is 1. The van der Waals surface area contributed by atoms with E-state index in [9.17, 15) is 4.79 Å². The van der Waals surface area contributed by atoms with Crippen molar-refractivity contribution in [3.8, 4) is 5.75 Å². The van der Waals surface area contributed by atoms with E-state index in [0.29, 0.717) is 13.0 Å². The number of methoxy groups -OCH3 is 1. The second kappa shape index (κ2) is 8.90. The Balaban J connectivity index is 1.90. The summed E-state index contributed by atoms with van der Waals surface area (Å²) in [5.41, 5.74) is 2.22. The van der Waals surface area contributed by atoms with E-state index < -0.39 is 0 Å². The maximum atomic E-state index is 12.2. The van der Waals surface area contributed by atoms with Crippen molar-refractivity contribution in [3.05, 3.63) is 46.7 Å². The lowest BCUT2D eigenvalue weighted by molar-refractivity contribution is -0.121. The highest BCUT2D eigenvalue weighted by Crippen LogP contribution is 2.25. The van der Waals surface area contributed by atoms with Crippen LogP contribution in [0.2, 0.25) is 0 Å². The van der Waals surface area contributed by atoms with Crippen molar-refractivity contribution in [1.82, 2.24) is 5.32 Å². The van der Waals surface area contributed by atoms with Gasteiger partial charge in [-0.15, -0.1) is 0 Å². The van der Waals surface area contributed by atoms with Gasteiger partial charge in [0.2, 0.25) is 5.91 Å². The van der Waals surface area contributed by atoms with Gasteiger partial charge in [-0.2, -0.15) is 11.3 Å². The van der Waals surface area contributed by atoms with Crippen molar-refractivity contribution in [2.45, 2.75) is 39.7 Å². The molecule has 1 amide bonds. The summed E-state index contributed by atoms with van der Waals surface area (Å²) in [4.78, 5) is 12.2. The number of rotatable bonds is 8. The standard InChI is InChI=1S/C20H28N2O2S/c1-20(2,3)18(22-16-6-5-7-17(12-16)24-4)13-21-19(23)9-8-15-10-11-25-14-15/h5-7,10-12,14,18,22H,8-9,13H2,1-4H3,(H,21,23)/t18-/m0/s1. The molecule has 136 valence electrons. The van der Waals surface area contributed by atoms with Gasteiger partial charge in [0.15, 0.2) is 0 Å². The normalized spacial score (nSPS) is 12.5. The third-order valence-electron chi connectivity index (χ3n) is 4.18. The predicted molar refractivity (Wildman–Crippen MR) is 106 cm³/mol. The van der Waals surface area contributed by atoms with Crippen LogP contribution in [0.3, 0.4) is 0 Å². The van der Waals surface area contributed by atoms with Crippen LogP contribution in [0.25, 0.3) is 0 Å². The van der Waals surface area contributed by atoms with Crippen molar-refractivity contribution in [1.29, 1.82) is 0 Å². The zero-order valence-electron chi connectivity index (χ0n) is 15.5. The van der Waals surface area contributed by atoms with Crippen LogP contribution < -0.4 is 15.4 Å². The lowest BCUT2D eigenvalue weighted by Gasteiger charge is -2.32. The van der Waals surface area contributed by atoms with E-state index in [-0.39, 0.29) is 17.4 Å². The number of aryl methyl sites for hydroxylation is 1. The van der Waals surface area contributed by atoms with Gasteiger partial charge in [0, 0.05) is 30.8 Å². The van der Waals surface area contributed by atoms with Gasteiger partial charge in [0.1, 0.15) is 5.75 Å². The van der Waals surface area contributed by atoms with Crippen molar-refractivity contribution in [2.75, 3.05) is 19.0 Å². The Labute approximate surface area is 154 Å². The number of ether oxygens (including phenoxy) is 1. The molecule has 1 atom stereocenters. The predicted octanol–water partition coefficient (Wildman–Crippen LogP) is 4.33. The number of thiophene rings is 1. The van der Waals surface area contributed by atoms with Crippen LogP contribution >= 0.6 is 11.3 Å². The second-order valence-electron chi connectivity index (χ2n) is 7.23. The van der Waals surface area contributed by atoms with Gasteiger partial charge in [0.05, 0.1) is 7.11 Å². The van der Waals surface area contributed by atoms with Gasteiger partial charge in [-0.3, -0.25) is 4.79 Å². The summed E-state index contributed by atoms with van der Waals surface area (Å²) in [6.07, 6.45) is 1.31. The van der Waals surface area contributed by atoms with E-state index in [2.05, 4.69) is 42.9 Å². The molecule has 0 aliphatic rings. The smallest absolute Gasteiger partial charge is 0.220 e. The van der Waals surface area contributed by atoms with Crippen LogP contribution in [0.1, 0.15) is 32.8 Å². The van der Waals surface area contributed by atoms with Crippen LogP contribution in [-0.2, 0) is 11.2 Å². The first-order valence-electron chi connectivity index (χ1n) is 8.57. The van der Waals surface area contributed by atoms with E-state index in [1.165, 1.54) is 5.56 Å². The van der Waals surface area contributed by atoms with E-state index in [1.54, 1.807) is 18.4 Å². The van der Waals surface area contributed by atoms with Gasteiger partial charge in [0.25, 0.3) is 0 Å². The fraction of sp³-hybridized carbons (Fsp3) is 0.450. The molecule has 2 aromatic rings. The monoisotopic (exact) mass is 360 g/mol. The molecular weight excluding hydrogens is 332 g/mol. The topological polar surface area (TPSA) is 50.4 Å². The van der Waals surface area contributed by atoms with E-state index in [1.807, 2.05) is 29.6 Å². The summed E-state index contributed by atoms with van der Waals surface area (Å²) in [6, 6.07) is 10.0. The molecule has 4 nitrogen and oxygen atoms in total. The molecule has 0 bridgehead atoms. The first kappa shape index (κ1) is 19.3. The van der Waals surface area contributed by atoms with Crippen LogP contribution in [0.15, 0.2) is 41.1 Å². The Kier molecular flexibility index (Phi) is 6.88. The minimum atomic E-state index is 0.00369. The number of nitrogens with one attached hydrogen (secondary N) is 2. The lowest BCUT2D eigenvalue weighted by Crippen LogP contribution is -2.44. The Morgan fingerprint density at radius 1 is 1.28 bits per heavy atom. The van der Waals surface area contributed by atoms with Crippen molar-refractivity contribution in [2.24, 2.45) is 5.41 Å². The summed E-state index contributed by atoms with van der Waals surface area (Å²) in [7, 11) is 1.66. The molecule has 0 aliphatic heterocycles. The van der Waals surface area contributed by atoms with Crippen LogP contribution in [0, 0.1) is 5.41 Å². The minimum absolute atomic E-state index is 0.00369. The molecule has 0 radical (unpaired) electrons. The van der Waals surface area contributed by atoms with Gasteiger partial charge in [-0.1, -0.05) is 26.8 Å². The van der Waals surface area contributed by atoms with E-state index in [4.69, 9.17) is 4.74 Å². The van der Waals surface area contributed by atoms with Crippen LogP contribution in [0.4, 0.5) is 5.69 Å². The fourth-order valence-electron chi connectivity index (χ4n) is 2.48. The number of benzene rings is 1. The molecule has 0 saturated carbocycles. The molecule has 25 heavy (non-hydrogen) atoms. The third kappa shape index (κ3) is 6.42. The Morgan fingerprint density at radius 2 is 2.08 bits per heavy atom. The second-order valence-corrected chi connectivity index (χ2v) is 8.01. The molecule has 0 fully saturated rings. The van der Waals surface area contributed by atoms with Crippen LogP contribution in [0.5, 0.6) is 5.75 Å². The molecule has 0 unspecified atom stereocenters. The number of carbonyl (C=O) groups excluding carboxylic acids is 1. The summed E-state index contributed by atoms with van der Waals surface area (Å²) in [5.74, 6) is 0.908. The van der Waals surface area contributed by atoms with Crippen molar-refractivity contribution in [3.63, 3.8) is 0 Å². The summed E-state index contributed by atoms with van der Waals surface area (Å²) < 4.78 is 5.28. The lowest BCUT2D eigenvalue weighted by atomic mass is 9.86. The maximum Gasteiger partial charge on any atom is 0.220 e. The van der Waals surface area contributed by atoms with Gasteiger partial charge < -0.3 is 15.4 Å². The molecule has 0 spiro atoms. The van der Waals surface area contributed by atoms with Crippen molar-refractivity contribution >= 4 is 22.9 Å². The zero-order valence-corrected chi connectivity index (χ0v) is 16.3. The molecule has 0 saturated heterocycles. The van der Waals surface area contributed by atoms with Gasteiger partial charge in [-0.05, 0) is 46.4 Å². The minimum Gasteiger partial charge on any atom is -0.497 e. The molecule has 0 aliphatic carbocycles. The van der Waals surface area contributed by atoms with Gasteiger partial charge in [-0.25, -0.2) is 0 Å². The largest absolute Gasteiger partial charge is 0.497 e. The summed E-state index contributed by atoms with van der Waals surface area (Å²) in [6.45, 7) is 7.09. The molecule has 1 aromatic carbocycles. The third-order valence-corrected chi connectivity index (χ3v) is 4.91. The number of carbonyl (C=O) groups is 1. The van der Waals surface area contributed by atoms with E-state index >= 15 is 0 Å². The molecule has 1 heterocycles. The summed E-state index contributed by atoms with van der Waals surface area (Å²) >= 11 is 1.67. The summed E-state index contributed by atoms with van der Waals surface area (Å²) in [5, 5.41) is 10.7. The van der Waals surface area contributed by atoms with Gasteiger partial charge >= 0.3 is 0 Å². The zero-order chi connectivity index (χ0) is 18.3. The molecule has 2 N–H and O–H groups in total. The SMILES string of the molecule is COc1cccc(N[C@@H](CNC(=O)CCc2ccsc2)C(C)(C)C)c1. The number of amides is 1. The average molecular weight is 361 g/mol. The highest BCUT2D eigenvalue weighted by molar-refractivity contribution is 7.07. The quantitative estimate of drug-likeness (QED) is 0.736. The first-order chi connectivity index (χ1) is 11.9.